The fourth-order valence-corrected chi connectivity index (χ4v) is 3.54. The summed E-state index contributed by atoms with van der Waals surface area (Å²) < 4.78 is 22.0. The van der Waals surface area contributed by atoms with Gasteiger partial charge in [-0.25, -0.2) is 5.43 Å². The summed E-state index contributed by atoms with van der Waals surface area (Å²) in [6.07, 6.45) is 1.51. The van der Waals surface area contributed by atoms with Crippen LogP contribution in [0.15, 0.2) is 71.8 Å². The van der Waals surface area contributed by atoms with Crippen molar-refractivity contribution in [3.63, 3.8) is 0 Å². The van der Waals surface area contributed by atoms with Gasteiger partial charge in [0.25, 0.3) is 5.91 Å². The number of hydrogen-bond acceptors (Lipinski definition) is 7. The molecule has 1 heterocycles. The van der Waals surface area contributed by atoms with Crippen LogP contribution >= 0.6 is 0 Å². The normalized spacial score (nSPS) is 10.8. The summed E-state index contributed by atoms with van der Waals surface area (Å²) in [4.78, 5) is 12.5. The van der Waals surface area contributed by atoms with Crippen LogP contribution in [-0.4, -0.2) is 43.6 Å². The molecule has 0 unspecified atom stereocenters. The quantitative estimate of drug-likeness (QED) is 0.240. The van der Waals surface area contributed by atoms with Crippen LogP contribution in [0.1, 0.15) is 27.2 Å². The number of amides is 1. The Labute approximate surface area is 215 Å². The molecule has 4 aromatic rings. The molecule has 0 aliphatic heterocycles. The molecule has 9 heteroatoms. The van der Waals surface area contributed by atoms with Crippen molar-refractivity contribution in [2.45, 2.75) is 13.5 Å². The molecule has 9 nitrogen and oxygen atoms in total. The first-order valence-corrected chi connectivity index (χ1v) is 11.5. The zero-order valence-electron chi connectivity index (χ0n) is 21.1. The lowest BCUT2D eigenvalue weighted by atomic mass is 10.1. The second-order valence-electron chi connectivity index (χ2n) is 8.12. The zero-order valence-corrected chi connectivity index (χ0v) is 21.1. The molecular formula is C28H28N4O5. The average molecular weight is 501 g/mol. The zero-order chi connectivity index (χ0) is 26.2. The Morgan fingerprint density at radius 2 is 1.59 bits per heavy atom. The first-order chi connectivity index (χ1) is 18.0. The molecule has 0 radical (unpaired) electrons. The van der Waals surface area contributed by atoms with Gasteiger partial charge in [-0.15, -0.1) is 0 Å². The molecule has 2 N–H and O–H groups in total. The largest absolute Gasteiger partial charge is 0.493 e. The number of ether oxygens (including phenoxy) is 4. The van der Waals surface area contributed by atoms with E-state index in [1.807, 2.05) is 49.4 Å². The lowest BCUT2D eigenvalue weighted by Crippen LogP contribution is -2.18. The predicted molar refractivity (Wildman–Crippen MR) is 141 cm³/mol. The highest BCUT2D eigenvalue weighted by Crippen LogP contribution is 2.32. The summed E-state index contributed by atoms with van der Waals surface area (Å²) in [7, 11) is 4.70. The molecule has 190 valence electrons. The van der Waals surface area contributed by atoms with E-state index < -0.39 is 5.91 Å². The van der Waals surface area contributed by atoms with Crippen LogP contribution in [-0.2, 0) is 6.61 Å². The first kappa shape index (κ1) is 25.3. The van der Waals surface area contributed by atoms with Gasteiger partial charge in [-0.05, 0) is 60.5 Å². The number of hydrazone groups is 1. The Bertz CT molecular complexity index is 1400. The van der Waals surface area contributed by atoms with Gasteiger partial charge in [0.05, 0.1) is 33.2 Å². The van der Waals surface area contributed by atoms with Gasteiger partial charge in [0.2, 0.25) is 0 Å². The molecule has 1 aromatic heterocycles. The second-order valence-corrected chi connectivity index (χ2v) is 8.12. The summed E-state index contributed by atoms with van der Waals surface area (Å²) in [6.45, 7) is 2.47. The maximum absolute atomic E-state index is 12.5. The predicted octanol–water partition coefficient (Wildman–Crippen LogP) is 4.75. The van der Waals surface area contributed by atoms with Crippen molar-refractivity contribution in [2.24, 2.45) is 5.10 Å². The van der Waals surface area contributed by atoms with Gasteiger partial charge in [-0.2, -0.15) is 10.2 Å². The summed E-state index contributed by atoms with van der Waals surface area (Å²) in [5.74, 6) is 1.93. The molecule has 1 amide bonds. The SMILES string of the molecule is COc1ccc(/C=N/NC(=O)c2cc(-c3ccc(OCc4ccc(C)cc4)c(OC)c3)n[nH]2)cc1OC. The third-order valence-corrected chi connectivity index (χ3v) is 5.58. The van der Waals surface area contributed by atoms with Gasteiger partial charge in [-0.1, -0.05) is 29.8 Å². The van der Waals surface area contributed by atoms with Crippen LogP contribution in [0.2, 0.25) is 0 Å². The summed E-state index contributed by atoms with van der Waals surface area (Å²) in [5, 5.41) is 11.0. The average Bonchev–Trinajstić information content (AvgIpc) is 3.43. The van der Waals surface area contributed by atoms with Gasteiger partial charge in [-0.3, -0.25) is 9.89 Å². The van der Waals surface area contributed by atoms with Crippen molar-refractivity contribution < 1.29 is 23.7 Å². The van der Waals surface area contributed by atoms with Crippen LogP contribution < -0.4 is 24.4 Å². The maximum atomic E-state index is 12.5. The fourth-order valence-electron chi connectivity index (χ4n) is 3.54. The van der Waals surface area contributed by atoms with E-state index >= 15 is 0 Å². The van der Waals surface area contributed by atoms with Crippen LogP contribution in [0.25, 0.3) is 11.3 Å². The Kier molecular flexibility index (Phi) is 8.05. The van der Waals surface area contributed by atoms with E-state index in [-0.39, 0.29) is 5.69 Å². The smallest absolute Gasteiger partial charge is 0.289 e. The molecule has 4 rings (SSSR count). The van der Waals surface area contributed by atoms with Crippen LogP contribution in [0.4, 0.5) is 0 Å². The second kappa shape index (κ2) is 11.8. The molecule has 0 aliphatic carbocycles. The van der Waals surface area contributed by atoms with Crippen molar-refractivity contribution in [2.75, 3.05) is 21.3 Å². The molecular weight excluding hydrogens is 472 g/mol. The monoisotopic (exact) mass is 500 g/mol. The number of nitrogens with one attached hydrogen (secondary N) is 2. The Morgan fingerprint density at radius 1 is 0.892 bits per heavy atom. The third kappa shape index (κ3) is 6.26. The van der Waals surface area contributed by atoms with Crippen LogP contribution in [0, 0.1) is 6.92 Å². The van der Waals surface area contributed by atoms with Gasteiger partial charge >= 0.3 is 0 Å². The van der Waals surface area contributed by atoms with E-state index in [9.17, 15) is 4.79 Å². The molecule has 0 spiro atoms. The molecule has 0 bridgehead atoms. The molecule has 0 fully saturated rings. The number of aromatic amines is 1. The number of carbonyl (C=O) groups is 1. The minimum absolute atomic E-state index is 0.262. The third-order valence-electron chi connectivity index (χ3n) is 5.58. The highest BCUT2D eigenvalue weighted by molar-refractivity contribution is 5.94. The van der Waals surface area contributed by atoms with Crippen molar-refractivity contribution in [1.82, 2.24) is 15.6 Å². The van der Waals surface area contributed by atoms with Crippen molar-refractivity contribution in [1.29, 1.82) is 0 Å². The lowest BCUT2D eigenvalue weighted by Gasteiger charge is -2.12. The number of rotatable bonds is 10. The van der Waals surface area contributed by atoms with Crippen LogP contribution in [0.5, 0.6) is 23.0 Å². The van der Waals surface area contributed by atoms with E-state index in [0.29, 0.717) is 35.3 Å². The van der Waals surface area contributed by atoms with E-state index in [1.165, 1.54) is 11.8 Å². The van der Waals surface area contributed by atoms with Crippen molar-refractivity contribution in [3.05, 3.63) is 89.1 Å². The Balaban J connectivity index is 1.40. The van der Waals surface area contributed by atoms with Gasteiger partial charge < -0.3 is 18.9 Å². The lowest BCUT2D eigenvalue weighted by molar-refractivity contribution is 0.0950. The first-order valence-electron chi connectivity index (χ1n) is 11.5. The van der Waals surface area contributed by atoms with Crippen molar-refractivity contribution in [3.8, 4) is 34.3 Å². The van der Waals surface area contributed by atoms with E-state index in [2.05, 4.69) is 20.7 Å². The Hall–Kier alpha value is -4.79. The topological polar surface area (TPSA) is 107 Å². The van der Waals surface area contributed by atoms with Gasteiger partial charge in [0, 0.05) is 5.56 Å². The molecule has 3 aromatic carbocycles. The molecule has 0 aliphatic rings. The number of aromatic nitrogens is 2. The highest BCUT2D eigenvalue weighted by Gasteiger charge is 2.13. The molecule has 0 saturated heterocycles. The van der Waals surface area contributed by atoms with Gasteiger partial charge in [0.1, 0.15) is 12.3 Å². The standard InChI is InChI=1S/C28H28N4O5/c1-18-5-7-19(8-6-18)17-37-25-12-10-21(14-27(25)36-4)22-15-23(31-30-22)28(33)32-29-16-20-9-11-24(34-2)26(13-20)35-3/h5-16H,17H2,1-4H3,(H,30,31)(H,32,33)/b29-16+. The number of benzene rings is 3. The van der Waals surface area contributed by atoms with Crippen molar-refractivity contribution >= 4 is 12.1 Å². The molecule has 0 saturated carbocycles. The van der Waals surface area contributed by atoms with E-state index in [4.69, 9.17) is 18.9 Å². The van der Waals surface area contributed by atoms with Gasteiger partial charge in [0.15, 0.2) is 23.0 Å². The number of H-pyrrole nitrogens is 1. The fraction of sp³-hybridized carbons (Fsp3) is 0.179. The maximum Gasteiger partial charge on any atom is 0.289 e. The number of methoxy groups -OCH3 is 3. The number of hydrogen-bond donors (Lipinski definition) is 2. The van der Waals surface area contributed by atoms with Crippen LogP contribution in [0.3, 0.4) is 0 Å². The number of carbonyl (C=O) groups excluding carboxylic acids is 1. The summed E-state index contributed by atoms with van der Waals surface area (Å²) in [6, 6.07) is 20.6. The Morgan fingerprint density at radius 3 is 2.32 bits per heavy atom. The summed E-state index contributed by atoms with van der Waals surface area (Å²) >= 11 is 0. The highest BCUT2D eigenvalue weighted by atomic mass is 16.5. The minimum atomic E-state index is -0.430. The van der Waals surface area contributed by atoms with E-state index in [1.54, 1.807) is 45.6 Å². The molecule has 37 heavy (non-hydrogen) atoms. The molecule has 0 atom stereocenters. The number of aryl methyl sites for hydroxylation is 1. The number of nitrogens with zero attached hydrogens (tertiary/aromatic N) is 2. The summed E-state index contributed by atoms with van der Waals surface area (Å²) in [5.41, 5.74) is 7.09. The van der Waals surface area contributed by atoms with E-state index in [0.717, 1.165) is 16.7 Å². The minimum Gasteiger partial charge on any atom is -0.493 e.